The Kier molecular flexibility index (Phi) is 2.37. The Morgan fingerprint density at radius 2 is 2.09 bits per heavy atom. The Balaban J connectivity index is 2.65. The van der Waals surface area contributed by atoms with Gasteiger partial charge in [0.15, 0.2) is 5.76 Å². The molecule has 0 radical (unpaired) electrons. The standard InChI is InChI=1S/C6H5NO4/c8-3-10-5-1-2-7-6(5)11-4-9/h2-4H,1H2. The van der Waals surface area contributed by atoms with Crippen LogP contribution in [0.4, 0.5) is 0 Å². The van der Waals surface area contributed by atoms with Crippen molar-refractivity contribution in [2.24, 2.45) is 4.99 Å². The Hall–Kier alpha value is -1.65. The van der Waals surface area contributed by atoms with Crippen molar-refractivity contribution in [3.8, 4) is 0 Å². The molecule has 11 heavy (non-hydrogen) atoms. The highest BCUT2D eigenvalue weighted by molar-refractivity contribution is 5.67. The lowest BCUT2D eigenvalue weighted by Gasteiger charge is -1.97. The summed E-state index contributed by atoms with van der Waals surface area (Å²) in [5.74, 6) is 0.305. The summed E-state index contributed by atoms with van der Waals surface area (Å²) < 4.78 is 8.84. The van der Waals surface area contributed by atoms with Crippen LogP contribution in [0.3, 0.4) is 0 Å². The van der Waals surface area contributed by atoms with Crippen molar-refractivity contribution in [1.82, 2.24) is 0 Å². The maximum atomic E-state index is 9.85. The largest absolute Gasteiger partial charge is 0.427 e. The van der Waals surface area contributed by atoms with Gasteiger partial charge in [-0.15, -0.1) is 0 Å². The molecule has 0 aromatic carbocycles. The van der Waals surface area contributed by atoms with Gasteiger partial charge in [-0.3, -0.25) is 9.59 Å². The molecule has 1 rings (SSSR count). The summed E-state index contributed by atoms with van der Waals surface area (Å²) >= 11 is 0. The van der Waals surface area contributed by atoms with Crippen LogP contribution in [0.15, 0.2) is 16.6 Å². The number of hydrogen-bond acceptors (Lipinski definition) is 5. The minimum Gasteiger partial charge on any atom is -0.427 e. The third-order valence-electron chi connectivity index (χ3n) is 1.07. The first-order chi connectivity index (χ1) is 5.38. The first kappa shape index (κ1) is 7.46. The van der Waals surface area contributed by atoms with Gasteiger partial charge in [0.1, 0.15) is 0 Å². The van der Waals surface area contributed by atoms with Gasteiger partial charge in [0.05, 0.1) is 0 Å². The molecular formula is C6H5NO4. The molecule has 0 aromatic heterocycles. The van der Waals surface area contributed by atoms with Crippen molar-refractivity contribution in [2.75, 3.05) is 0 Å². The average molecular weight is 155 g/mol. The number of rotatable bonds is 4. The Bertz CT molecular complexity index is 231. The van der Waals surface area contributed by atoms with Crippen LogP contribution in [-0.2, 0) is 19.1 Å². The van der Waals surface area contributed by atoms with Gasteiger partial charge in [0.25, 0.3) is 18.8 Å². The molecule has 0 atom stereocenters. The number of ether oxygens (including phenoxy) is 2. The predicted octanol–water partition coefficient (Wildman–Crippen LogP) is -0.0240. The molecule has 5 heteroatoms. The lowest BCUT2D eigenvalue weighted by atomic mass is 10.4. The van der Waals surface area contributed by atoms with Crippen molar-refractivity contribution >= 4 is 19.2 Å². The van der Waals surface area contributed by atoms with E-state index in [0.29, 0.717) is 6.42 Å². The zero-order chi connectivity index (χ0) is 8.10. The smallest absolute Gasteiger partial charge is 0.299 e. The van der Waals surface area contributed by atoms with E-state index in [1.54, 1.807) is 0 Å². The van der Waals surface area contributed by atoms with E-state index >= 15 is 0 Å². The Morgan fingerprint density at radius 3 is 2.73 bits per heavy atom. The van der Waals surface area contributed by atoms with Crippen molar-refractivity contribution in [3.63, 3.8) is 0 Å². The highest BCUT2D eigenvalue weighted by atomic mass is 16.6. The van der Waals surface area contributed by atoms with Crippen molar-refractivity contribution in [2.45, 2.75) is 6.42 Å². The number of nitrogens with zero attached hydrogens (tertiary/aromatic N) is 1. The molecule has 0 saturated heterocycles. The molecule has 0 spiro atoms. The van der Waals surface area contributed by atoms with Crippen LogP contribution in [0, 0.1) is 0 Å². The van der Waals surface area contributed by atoms with Gasteiger partial charge in [0, 0.05) is 12.6 Å². The van der Waals surface area contributed by atoms with Crippen LogP contribution < -0.4 is 0 Å². The van der Waals surface area contributed by atoms with Crippen LogP contribution in [0.1, 0.15) is 6.42 Å². The fourth-order valence-electron chi connectivity index (χ4n) is 0.669. The highest BCUT2D eigenvalue weighted by Crippen LogP contribution is 2.16. The van der Waals surface area contributed by atoms with E-state index in [-0.39, 0.29) is 24.6 Å². The SMILES string of the molecule is O=COC1=C(OC=O)N=CC1. The van der Waals surface area contributed by atoms with E-state index in [1.165, 1.54) is 6.21 Å². The molecule has 58 valence electrons. The maximum Gasteiger partial charge on any atom is 0.299 e. The van der Waals surface area contributed by atoms with E-state index in [4.69, 9.17) is 0 Å². The van der Waals surface area contributed by atoms with Crippen LogP contribution in [0.25, 0.3) is 0 Å². The van der Waals surface area contributed by atoms with Gasteiger partial charge in [-0.05, 0) is 0 Å². The van der Waals surface area contributed by atoms with Crippen LogP contribution >= 0.6 is 0 Å². The van der Waals surface area contributed by atoms with Gasteiger partial charge in [-0.1, -0.05) is 0 Å². The molecule has 1 aliphatic rings. The lowest BCUT2D eigenvalue weighted by Crippen LogP contribution is -1.93. The number of allylic oxidation sites excluding steroid dienone is 1. The van der Waals surface area contributed by atoms with Crippen molar-refractivity contribution in [3.05, 3.63) is 11.6 Å². The molecule has 0 aliphatic carbocycles. The molecule has 5 nitrogen and oxygen atoms in total. The number of carbonyl (C=O) groups is 2. The molecule has 0 fully saturated rings. The molecule has 0 N–H and O–H groups in total. The molecular weight excluding hydrogens is 150 g/mol. The van der Waals surface area contributed by atoms with Gasteiger partial charge < -0.3 is 9.47 Å². The normalized spacial score (nSPS) is 14.9. The van der Waals surface area contributed by atoms with E-state index < -0.39 is 0 Å². The lowest BCUT2D eigenvalue weighted by molar-refractivity contribution is -0.128. The number of carbonyl (C=O) groups excluding carboxylic acids is 2. The first-order valence-corrected chi connectivity index (χ1v) is 2.84. The summed E-state index contributed by atoms with van der Waals surface area (Å²) in [4.78, 5) is 23.3. The molecule has 1 aliphatic heterocycles. The Morgan fingerprint density at radius 1 is 1.36 bits per heavy atom. The summed E-state index contributed by atoms with van der Waals surface area (Å²) in [6.45, 7) is 0.490. The van der Waals surface area contributed by atoms with Gasteiger partial charge in [0.2, 0.25) is 0 Å². The molecule has 0 amide bonds. The maximum absolute atomic E-state index is 9.85. The van der Waals surface area contributed by atoms with E-state index in [0.717, 1.165) is 0 Å². The van der Waals surface area contributed by atoms with Gasteiger partial charge in [-0.2, -0.15) is 0 Å². The minimum absolute atomic E-state index is 0.0482. The predicted molar refractivity (Wildman–Crippen MR) is 34.4 cm³/mol. The molecule has 0 bridgehead atoms. The third-order valence-corrected chi connectivity index (χ3v) is 1.07. The fraction of sp³-hybridized carbons (Fsp3) is 0.167. The number of hydrogen-bond donors (Lipinski definition) is 0. The molecule has 1 heterocycles. The summed E-state index contributed by atoms with van der Waals surface area (Å²) in [5.41, 5.74) is 0. The first-order valence-electron chi connectivity index (χ1n) is 2.84. The summed E-state index contributed by atoms with van der Waals surface area (Å²) in [6, 6.07) is 0. The van der Waals surface area contributed by atoms with E-state index in [9.17, 15) is 9.59 Å². The van der Waals surface area contributed by atoms with E-state index in [2.05, 4.69) is 14.5 Å². The molecule has 0 aromatic rings. The second-order valence-corrected chi connectivity index (χ2v) is 1.67. The van der Waals surface area contributed by atoms with Crippen LogP contribution in [-0.4, -0.2) is 19.2 Å². The molecule has 0 saturated carbocycles. The average Bonchev–Trinajstić information content (AvgIpc) is 2.39. The summed E-state index contributed by atoms with van der Waals surface area (Å²) in [6.07, 6.45) is 1.86. The zero-order valence-electron chi connectivity index (χ0n) is 5.52. The van der Waals surface area contributed by atoms with Crippen LogP contribution in [0.5, 0.6) is 0 Å². The van der Waals surface area contributed by atoms with Gasteiger partial charge >= 0.3 is 0 Å². The zero-order valence-corrected chi connectivity index (χ0v) is 5.52. The quantitative estimate of drug-likeness (QED) is 0.535. The second kappa shape index (κ2) is 3.50. The minimum atomic E-state index is 0.0482. The van der Waals surface area contributed by atoms with E-state index in [1.807, 2.05) is 0 Å². The highest BCUT2D eigenvalue weighted by Gasteiger charge is 2.13. The monoisotopic (exact) mass is 155 g/mol. The number of aliphatic imine (C=N–C) groups is 1. The third kappa shape index (κ3) is 1.64. The second-order valence-electron chi connectivity index (χ2n) is 1.67. The molecule has 0 unspecified atom stereocenters. The topological polar surface area (TPSA) is 65.0 Å². The summed E-state index contributed by atoms with van der Waals surface area (Å²) in [7, 11) is 0. The Labute approximate surface area is 62.3 Å². The van der Waals surface area contributed by atoms with Crippen molar-refractivity contribution < 1.29 is 19.1 Å². The summed E-state index contributed by atoms with van der Waals surface area (Å²) in [5, 5.41) is 0. The van der Waals surface area contributed by atoms with Crippen LogP contribution in [0.2, 0.25) is 0 Å². The fourth-order valence-corrected chi connectivity index (χ4v) is 0.669. The van der Waals surface area contributed by atoms with Gasteiger partial charge in [-0.25, -0.2) is 4.99 Å². The van der Waals surface area contributed by atoms with Crippen molar-refractivity contribution in [1.29, 1.82) is 0 Å².